The number of nitrogens with one attached hydrogen (secondary N) is 2. The van der Waals surface area contributed by atoms with Crippen LogP contribution in [0.5, 0.6) is 0 Å². The van der Waals surface area contributed by atoms with Gasteiger partial charge >= 0.3 is 0 Å². The standard InChI is InChI=1S/C16H25N5/c1-16(2,3)14-10-13-15(18-8-9-21(13)20-14)19-11-12-6-4-5-7-17-12/h8-10,12,17H,4-7,11H2,1-3H3,(H,18,19). The Bertz CT molecular complexity index is 605. The lowest BCUT2D eigenvalue weighted by Gasteiger charge is -2.23. The molecular formula is C16H25N5. The molecule has 1 aliphatic heterocycles. The van der Waals surface area contributed by atoms with Gasteiger partial charge in [0.25, 0.3) is 0 Å². The largest absolute Gasteiger partial charge is 0.367 e. The van der Waals surface area contributed by atoms with Gasteiger partial charge in [0.05, 0.1) is 5.69 Å². The van der Waals surface area contributed by atoms with Crippen molar-refractivity contribution in [3.63, 3.8) is 0 Å². The number of piperidine rings is 1. The number of nitrogens with zero attached hydrogens (tertiary/aromatic N) is 3. The zero-order valence-corrected chi connectivity index (χ0v) is 13.2. The number of fused-ring (bicyclic) bond motifs is 1. The van der Waals surface area contributed by atoms with Gasteiger partial charge in [-0.3, -0.25) is 0 Å². The summed E-state index contributed by atoms with van der Waals surface area (Å²) < 4.78 is 1.92. The Hall–Kier alpha value is -1.62. The molecule has 3 heterocycles. The van der Waals surface area contributed by atoms with Crippen molar-refractivity contribution in [2.24, 2.45) is 0 Å². The van der Waals surface area contributed by atoms with Crippen LogP contribution in [-0.2, 0) is 5.41 Å². The minimum absolute atomic E-state index is 0.0498. The van der Waals surface area contributed by atoms with E-state index < -0.39 is 0 Å². The summed E-state index contributed by atoms with van der Waals surface area (Å²) in [6.07, 6.45) is 7.57. The molecule has 2 aromatic rings. The molecule has 2 N–H and O–H groups in total. The highest BCUT2D eigenvalue weighted by atomic mass is 15.2. The van der Waals surface area contributed by atoms with Crippen molar-refractivity contribution in [2.75, 3.05) is 18.4 Å². The summed E-state index contributed by atoms with van der Waals surface area (Å²) in [5.41, 5.74) is 2.20. The van der Waals surface area contributed by atoms with E-state index in [1.54, 1.807) is 0 Å². The average Bonchev–Trinajstić information content (AvgIpc) is 2.91. The third-order valence-electron chi connectivity index (χ3n) is 4.09. The molecule has 0 saturated carbocycles. The summed E-state index contributed by atoms with van der Waals surface area (Å²) >= 11 is 0. The fourth-order valence-corrected chi connectivity index (χ4v) is 2.74. The zero-order valence-electron chi connectivity index (χ0n) is 13.2. The van der Waals surface area contributed by atoms with E-state index in [4.69, 9.17) is 0 Å². The normalized spacial score (nSPS) is 19.9. The Morgan fingerprint density at radius 2 is 2.24 bits per heavy atom. The van der Waals surface area contributed by atoms with Gasteiger partial charge in [-0.15, -0.1) is 0 Å². The topological polar surface area (TPSA) is 54.2 Å². The summed E-state index contributed by atoms with van der Waals surface area (Å²) in [5.74, 6) is 0.924. The molecule has 21 heavy (non-hydrogen) atoms. The van der Waals surface area contributed by atoms with Crippen LogP contribution in [0.15, 0.2) is 18.5 Å². The van der Waals surface area contributed by atoms with E-state index >= 15 is 0 Å². The molecule has 2 aromatic heterocycles. The Morgan fingerprint density at radius 1 is 1.38 bits per heavy atom. The Morgan fingerprint density at radius 3 is 2.95 bits per heavy atom. The van der Waals surface area contributed by atoms with Crippen LogP contribution in [0.25, 0.3) is 5.52 Å². The first-order chi connectivity index (χ1) is 10.0. The summed E-state index contributed by atoms with van der Waals surface area (Å²) in [7, 11) is 0. The van der Waals surface area contributed by atoms with Gasteiger partial charge in [0.1, 0.15) is 5.52 Å². The molecule has 1 unspecified atom stereocenters. The molecule has 5 nitrogen and oxygen atoms in total. The van der Waals surface area contributed by atoms with E-state index in [9.17, 15) is 0 Å². The molecule has 1 fully saturated rings. The van der Waals surface area contributed by atoms with E-state index in [1.807, 2.05) is 16.9 Å². The van der Waals surface area contributed by atoms with Crippen molar-refractivity contribution in [1.82, 2.24) is 19.9 Å². The molecule has 0 amide bonds. The van der Waals surface area contributed by atoms with Gasteiger partial charge in [-0.25, -0.2) is 9.50 Å². The lowest BCUT2D eigenvalue weighted by atomic mass is 9.92. The number of anilines is 1. The van der Waals surface area contributed by atoms with Gasteiger partial charge in [0.15, 0.2) is 5.82 Å². The fourth-order valence-electron chi connectivity index (χ4n) is 2.74. The summed E-state index contributed by atoms with van der Waals surface area (Å²) in [4.78, 5) is 4.49. The quantitative estimate of drug-likeness (QED) is 0.911. The third kappa shape index (κ3) is 3.18. The van der Waals surface area contributed by atoms with Crippen LogP contribution in [0.3, 0.4) is 0 Å². The molecule has 0 spiro atoms. The average molecular weight is 287 g/mol. The van der Waals surface area contributed by atoms with Gasteiger partial charge < -0.3 is 10.6 Å². The van der Waals surface area contributed by atoms with Crippen LogP contribution in [0, 0.1) is 0 Å². The van der Waals surface area contributed by atoms with Crippen molar-refractivity contribution in [1.29, 1.82) is 0 Å². The number of rotatable bonds is 3. The first-order valence-electron chi connectivity index (χ1n) is 7.86. The monoisotopic (exact) mass is 287 g/mol. The van der Waals surface area contributed by atoms with Crippen LogP contribution in [-0.4, -0.2) is 33.7 Å². The maximum atomic E-state index is 4.66. The summed E-state index contributed by atoms with van der Waals surface area (Å²) in [6, 6.07) is 2.69. The lowest BCUT2D eigenvalue weighted by Crippen LogP contribution is -2.39. The molecule has 1 aliphatic rings. The molecule has 0 aromatic carbocycles. The zero-order chi connectivity index (χ0) is 14.9. The molecule has 114 valence electrons. The van der Waals surface area contributed by atoms with E-state index in [0.29, 0.717) is 6.04 Å². The molecule has 1 saturated heterocycles. The SMILES string of the molecule is CC(C)(C)c1cc2c(NCC3CCCCN3)nccn2n1. The van der Waals surface area contributed by atoms with Crippen molar-refractivity contribution in [2.45, 2.75) is 51.5 Å². The van der Waals surface area contributed by atoms with E-state index in [-0.39, 0.29) is 5.41 Å². The van der Waals surface area contributed by atoms with Crippen LogP contribution in [0.4, 0.5) is 5.82 Å². The summed E-state index contributed by atoms with van der Waals surface area (Å²) in [6.45, 7) is 8.59. The van der Waals surface area contributed by atoms with E-state index in [2.05, 4.69) is 47.6 Å². The minimum atomic E-state index is 0.0498. The molecule has 3 rings (SSSR count). The second kappa shape index (κ2) is 5.64. The maximum Gasteiger partial charge on any atom is 0.152 e. The smallest absolute Gasteiger partial charge is 0.152 e. The number of aromatic nitrogens is 3. The Kier molecular flexibility index (Phi) is 3.85. The van der Waals surface area contributed by atoms with Gasteiger partial charge in [0, 0.05) is 30.4 Å². The molecule has 5 heteroatoms. The molecule has 0 radical (unpaired) electrons. The predicted octanol–water partition coefficient (Wildman–Crippen LogP) is 2.58. The minimum Gasteiger partial charge on any atom is -0.367 e. The van der Waals surface area contributed by atoms with Crippen LogP contribution >= 0.6 is 0 Å². The lowest BCUT2D eigenvalue weighted by molar-refractivity contribution is 0.414. The molecule has 1 atom stereocenters. The fraction of sp³-hybridized carbons (Fsp3) is 0.625. The van der Waals surface area contributed by atoms with Crippen LogP contribution in [0.2, 0.25) is 0 Å². The highest BCUT2D eigenvalue weighted by Gasteiger charge is 2.19. The van der Waals surface area contributed by atoms with Gasteiger partial charge in [-0.05, 0) is 25.5 Å². The van der Waals surface area contributed by atoms with Gasteiger partial charge in [-0.2, -0.15) is 5.10 Å². The second-order valence-electron chi connectivity index (χ2n) is 6.91. The van der Waals surface area contributed by atoms with E-state index in [0.717, 1.165) is 30.1 Å². The first kappa shape index (κ1) is 14.3. The Balaban J connectivity index is 1.79. The highest BCUT2D eigenvalue weighted by Crippen LogP contribution is 2.24. The second-order valence-corrected chi connectivity index (χ2v) is 6.91. The van der Waals surface area contributed by atoms with Crippen LogP contribution in [0.1, 0.15) is 45.7 Å². The number of hydrogen-bond acceptors (Lipinski definition) is 4. The molecule has 0 bridgehead atoms. The number of hydrogen-bond donors (Lipinski definition) is 2. The van der Waals surface area contributed by atoms with Gasteiger partial charge in [0.2, 0.25) is 0 Å². The van der Waals surface area contributed by atoms with Gasteiger partial charge in [-0.1, -0.05) is 27.2 Å². The highest BCUT2D eigenvalue weighted by molar-refractivity contribution is 5.68. The van der Waals surface area contributed by atoms with Crippen molar-refractivity contribution >= 4 is 11.3 Å². The predicted molar refractivity (Wildman–Crippen MR) is 85.8 cm³/mol. The first-order valence-corrected chi connectivity index (χ1v) is 7.86. The van der Waals surface area contributed by atoms with Crippen LogP contribution < -0.4 is 10.6 Å². The molecule has 0 aliphatic carbocycles. The van der Waals surface area contributed by atoms with Crippen molar-refractivity contribution in [3.8, 4) is 0 Å². The third-order valence-corrected chi connectivity index (χ3v) is 4.09. The van der Waals surface area contributed by atoms with Crippen molar-refractivity contribution < 1.29 is 0 Å². The Labute approximate surface area is 126 Å². The maximum absolute atomic E-state index is 4.66. The summed E-state index contributed by atoms with van der Waals surface area (Å²) in [5, 5.41) is 11.7. The molecular weight excluding hydrogens is 262 g/mol. The van der Waals surface area contributed by atoms with Crippen molar-refractivity contribution in [3.05, 3.63) is 24.2 Å². The van der Waals surface area contributed by atoms with E-state index in [1.165, 1.54) is 19.3 Å².